The fraction of sp³-hybridized carbons (Fsp3) is 0.364. The third kappa shape index (κ3) is 4.39. The second-order valence-corrected chi connectivity index (χ2v) is 3.13. The van der Waals surface area contributed by atoms with Crippen molar-refractivity contribution in [1.82, 2.24) is 5.32 Å². The fourth-order valence-electron chi connectivity index (χ4n) is 1.12. The minimum absolute atomic E-state index is 0.00622. The van der Waals surface area contributed by atoms with Gasteiger partial charge in [0.25, 0.3) is 5.91 Å². The van der Waals surface area contributed by atoms with Gasteiger partial charge in [-0.15, -0.1) is 0 Å². The molecule has 0 radical (unpaired) electrons. The van der Waals surface area contributed by atoms with E-state index in [1.807, 2.05) is 6.07 Å². The molecule has 0 bridgehead atoms. The Hall–Kier alpha value is -1.43. The Labute approximate surface area is 93.7 Å². The standard InChI is InChI=1S/C11H15NO4/c13-6-7-16-10(14)8-12-11(15)9-4-2-1-3-5-9/h1-5,10,13-14H,6-8H2,(H,12,15). The van der Waals surface area contributed by atoms with E-state index in [1.165, 1.54) is 0 Å². The van der Waals surface area contributed by atoms with E-state index in [0.29, 0.717) is 5.56 Å². The molecule has 16 heavy (non-hydrogen) atoms. The van der Waals surface area contributed by atoms with Crippen LogP contribution in [0.2, 0.25) is 0 Å². The normalized spacial score (nSPS) is 12.1. The molecule has 0 fully saturated rings. The number of carbonyl (C=O) groups is 1. The number of nitrogens with one attached hydrogen (secondary N) is 1. The molecule has 1 rings (SSSR count). The van der Waals surface area contributed by atoms with Crippen LogP contribution < -0.4 is 5.32 Å². The molecule has 1 aromatic carbocycles. The Balaban J connectivity index is 2.30. The molecule has 88 valence electrons. The summed E-state index contributed by atoms with van der Waals surface area (Å²) in [5.74, 6) is -0.271. The molecule has 0 spiro atoms. The first-order valence-electron chi connectivity index (χ1n) is 4.98. The zero-order chi connectivity index (χ0) is 11.8. The van der Waals surface area contributed by atoms with Gasteiger partial charge < -0.3 is 20.3 Å². The number of aliphatic hydroxyl groups excluding tert-OH is 2. The van der Waals surface area contributed by atoms with Gasteiger partial charge in [-0.2, -0.15) is 0 Å². The van der Waals surface area contributed by atoms with E-state index in [4.69, 9.17) is 9.84 Å². The summed E-state index contributed by atoms with van der Waals surface area (Å²) in [6, 6.07) is 8.68. The average Bonchev–Trinajstić information content (AvgIpc) is 2.34. The Morgan fingerprint density at radius 3 is 2.69 bits per heavy atom. The first-order chi connectivity index (χ1) is 7.74. The van der Waals surface area contributed by atoms with Crippen molar-refractivity contribution in [3.63, 3.8) is 0 Å². The smallest absolute Gasteiger partial charge is 0.251 e. The van der Waals surface area contributed by atoms with Gasteiger partial charge in [-0.3, -0.25) is 4.79 Å². The third-order valence-electron chi connectivity index (χ3n) is 1.87. The van der Waals surface area contributed by atoms with Crippen LogP contribution in [0.4, 0.5) is 0 Å². The van der Waals surface area contributed by atoms with Gasteiger partial charge in [-0.05, 0) is 12.1 Å². The van der Waals surface area contributed by atoms with Crippen molar-refractivity contribution in [2.45, 2.75) is 6.29 Å². The molecule has 3 N–H and O–H groups in total. The lowest BCUT2D eigenvalue weighted by Crippen LogP contribution is -2.34. The van der Waals surface area contributed by atoms with Crippen LogP contribution in [0.5, 0.6) is 0 Å². The maximum atomic E-state index is 11.5. The molecule has 1 atom stereocenters. The summed E-state index contributed by atoms with van der Waals surface area (Å²) >= 11 is 0. The summed E-state index contributed by atoms with van der Waals surface area (Å²) in [6.07, 6.45) is -1.10. The van der Waals surface area contributed by atoms with Crippen LogP contribution in [-0.2, 0) is 4.74 Å². The number of amides is 1. The van der Waals surface area contributed by atoms with Crippen LogP contribution in [0.15, 0.2) is 30.3 Å². The highest BCUT2D eigenvalue weighted by atomic mass is 16.6. The molecular formula is C11H15NO4. The van der Waals surface area contributed by atoms with Crippen LogP contribution in [-0.4, -0.2) is 42.2 Å². The van der Waals surface area contributed by atoms with Gasteiger partial charge >= 0.3 is 0 Å². The van der Waals surface area contributed by atoms with Gasteiger partial charge in [-0.1, -0.05) is 18.2 Å². The highest BCUT2D eigenvalue weighted by Gasteiger charge is 2.08. The average molecular weight is 225 g/mol. The lowest BCUT2D eigenvalue weighted by atomic mass is 10.2. The number of benzene rings is 1. The van der Waals surface area contributed by atoms with E-state index in [2.05, 4.69) is 5.32 Å². The lowest BCUT2D eigenvalue weighted by Gasteiger charge is -2.11. The Morgan fingerprint density at radius 1 is 1.38 bits per heavy atom. The molecule has 5 heteroatoms. The van der Waals surface area contributed by atoms with Gasteiger partial charge in [0, 0.05) is 5.56 Å². The molecule has 5 nitrogen and oxygen atoms in total. The van der Waals surface area contributed by atoms with Crippen LogP contribution in [0.1, 0.15) is 10.4 Å². The maximum Gasteiger partial charge on any atom is 0.251 e. The molecule has 0 aliphatic rings. The SMILES string of the molecule is O=C(NCC(O)OCCO)c1ccccc1. The zero-order valence-corrected chi connectivity index (χ0v) is 8.80. The fourth-order valence-corrected chi connectivity index (χ4v) is 1.12. The molecule has 0 saturated carbocycles. The van der Waals surface area contributed by atoms with Gasteiger partial charge in [0.2, 0.25) is 0 Å². The van der Waals surface area contributed by atoms with Gasteiger partial charge in [-0.25, -0.2) is 0 Å². The van der Waals surface area contributed by atoms with Crippen molar-refractivity contribution < 1.29 is 19.7 Å². The summed E-state index contributed by atoms with van der Waals surface area (Å²) in [5.41, 5.74) is 0.525. The summed E-state index contributed by atoms with van der Waals surface area (Å²) < 4.78 is 4.77. The van der Waals surface area contributed by atoms with Crippen molar-refractivity contribution in [1.29, 1.82) is 0 Å². The van der Waals surface area contributed by atoms with Gasteiger partial charge in [0.15, 0.2) is 6.29 Å². The number of aliphatic hydroxyl groups is 2. The number of carbonyl (C=O) groups excluding carboxylic acids is 1. The molecule has 1 amide bonds. The largest absolute Gasteiger partial charge is 0.394 e. The number of ether oxygens (including phenoxy) is 1. The van der Waals surface area contributed by atoms with Crippen molar-refractivity contribution in [3.8, 4) is 0 Å². The molecule has 0 saturated heterocycles. The minimum Gasteiger partial charge on any atom is -0.394 e. The summed E-state index contributed by atoms with van der Waals surface area (Å²) in [4.78, 5) is 11.5. The summed E-state index contributed by atoms with van der Waals surface area (Å²) in [7, 11) is 0. The molecular weight excluding hydrogens is 210 g/mol. The highest BCUT2D eigenvalue weighted by Crippen LogP contribution is 1.97. The molecule has 0 aliphatic carbocycles. The van der Waals surface area contributed by atoms with Crippen molar-refractivity contribution >= 4 is 5.91 Å². The zero-order valence-electron chi connectivity index (χ0n) is 8.80. The van der Waals surface area contributed by atoms with Crippen LogP contribution >= 0.6 is 0 Å². The van der Waals surface area contributed by atoms with Crippen molar-refractivity contribution in [3.05, 3.63) is 35.9 Å². The van der Waals surface area contributed by atoms with E-state index in [9.17, 15) is 9.90 Å². The quantitative estimate of drug-likeness (QED) is 0.583. The van der Waals surface area contributed by atoms with Crippen LogP contribution in [0, 0.1) is 0 Å². The predicted molar refractivity (Wildman–Crippen MR) is 57.8 cm³/mol. The number of rotatable bonds is 6. The Bertz CT molecular complexity index is 315. The second-order valence-electron chi connectivity index (χ2n) is 3.13. The number of hydrogen-bond acceptors (Lipinski definition) is 4. The molecule has 0 aromatic heterocycles. The molecule has 1 aromatic rings. The summed E-state index contributed by atoms with van der Waals surface area (Å²) in [6.45, 7) is -0.125. The minimum atomic E-state index is -1.10. The predicted octanol–water partition coefficient (Wildman–Crippen LogP) is -0.256. The van der Waals surface area contributed by atoms with E-state index >= 15 is 0 Å². The van der Waals surface area contributed by atoms with Crippen LogP contribution in [0.3, 0.4) is 0 Å². The van der Waals surface area contributed by atoms with E-state index in [1.54, 1.807) is 24.3 Å². The lowest BCUT2D eigenvalue weighted by molar-refractivity contribution is -0.102. The first kappa shape index (κ1) is 12.6. The van der Waals surface area contributed by atoms with Gasteiger partial charge in [0.1, 0.15) is 0 Å². The Kier molecular flexibility index (Phi) is 5.49. The monoisotopic (exact) mass is 225 g/mol. The van der Waals surface area contributed by atoms with Crippen molar-refractivity contribution in [2.24, 2.45) is 0 Å². The van der Waals surface area contributed by atoms with E-state index in [-0.39, 0.29) is 25.7 Å². The Morgan fingerprint density at radius 2 is 2.06 bits per heavy atom. The highest BCUT2D eigenvalue weighted by molar-refractivity contribution is 5.94. The van der Waals surface area contributed by atoms with E-state index in [0.717, 1.165) is 0 Å². The van der Waals surface area contributed by atoms with Gasteiger partial charge in [0.05, 0.1) is 19.8 Å². The summed E-state index contributed by atoms with van der Waals surface area (Å²) in [5, 5.41) is 20.2. The molecule has 0 heterocycles. The third-order valence-corrected chi connectivity index (χ3v) is 1.87. The molecule has 0 aliphatic heterocycles. The van der Waals surface area contributed by atoms with E-state index < -0.39 is 6.29 Å². The number of hydrogen-bond donors (Lipinski definition) is 3. The topological polar surface area (TPSA) is 78.8 Å². The first-order valence-corrected chi connectivity index (χ1v) is 4.98. The maximum absolute atomic E-state index is 11.5. The van der Waals surface area contributed by atoms with Crippen LogP contribution in [0.25, 0.3) is 0 Å². The molecule has 1 unspecified atom stereocenters. The van der Waals surface area contributed by atoms with Crippen molar-refractivity contribution in [2.75, 3.05) is 19.8 Å². The second kappa shape index (κ2) is 6.95.